The molecular weight excluding hydrogens is 203 g/mol. The van der Waals surface area contributed by atoms with Gasteiger partial charge in [-0.3, -0.25) is 0 Å². The van der Waals surface area contributed by atoms with Gasteiger partial charge in [0, 0.05) is 12.6 Å². The van der Waals surface area contributed by atoms with E-state index < -0.39 is 11.7 Å². The van der Waals surface area contributed by atoms with Crippen LogP contribution in [0.2, 0.25) is 0 Å². The molecular formula is C8H13ClF3N. The molecule has 2 unspecified atom stereocenters. The van der Waals surface area contributed by atoms with Crippen molar-refractivity contribution in [2.75, 3.05) is 6.54 Å². The highest BCUT2D eigenvalue weighted by Gasteiger charge is 2.47. The highest BCUT2D eigenvalue weighted by atomic mass is 35.5. The molecule has 0 aliphatic carbocycles. The average Bonchev–Trinajstić information content (AvgIpc) is 2.04. The zero-order chi connectivity index (χ0) is 10.1. The average molecular weight is 216 g/mol. The first-order valence-corrected chi connectivity index (χ1v) is 4.82. The molecule has 1 heterocycles. The second-order valence-electron chi connectivity index (χ2n) is 3.43. The minimum absolute atomic E-state index is 0.224. The molecule has 2 atom stereocenters. The van der Waals surface area contributed by atoms with E-state index in [0.717, 1.165) is 11.3 Å². The van der Waals surface area contributed by atoms with Crippen molar-refractivity contribution < 1.29 is 13.2 Å². The molecule has 1 saturated heterocycles. The van der Waals surface area contributed by atoms with Crippen LogP contribution in [-0.4, -0.2) is 29.2 Å². The first-order valence-electron chi connectivity index (χ1n) is 4.39. The number of piperidine rings is 1. The summed E-state index contributed by atoms with van der Waals surface area (Å²) in [5.74, 6) is 0. The quantitative estimate of drug-likeness (QED) is 0.506. The standard InChI is InChI=1S/C8H13ClF3N/c1-6-4-2-3-5-13(6)8(11,12)7(9)10/h6-7H,2-5H2,1H3. The summed E-state index contributed by atoms with van der Waals surface area (Å²) in [4.78, 5) is 0.855. The number of nitrogens with zero attached hydrogens (tertiary/aromatic N) is 1. The van der Waals surface area contributed by atoms with Crippen LogP contribution in [0, 0.1) is 0 Å². The number of halogens is 4. The van der Waals surface area contributed by atoms with Crippen LogP contribution in [0.4, 0.5) is 13.2 Å². The van der Waals surface area contributed by atoms with Gasteiger partial charge in [0.25, 0.3) is 5.63 Å². The van der Waals surface area contributed by atoms with Crippen LogP contribution >= 0.6 is 11.6 Å². The van der Waals surface area contributed by atoms with E-state index in [1.165, 1.54) is 0 Å². The van der Waals surface area contributed by atoms with Gasteiger partial charge in [-0.1, -0.05) is 18.0 Å². The maximum absolute atomic E-state index is 13.1. The third kappa shape index (κ3) is 2.29. The zero-order valence-corrected chi connectivity index (χ0v) is 8.20. The molecule has 1 aliphatic heterocycles. The summed E-state index contributed by atoms with van der Waals surface area (Å²) in [6.07, 6.45) is 2.29. The summed E-state index contributed by atoms with van der Waals surface area (Å²) in [7, 11) is 0. The second kappa shape index (κ2) is 4.05. The smallest absolute Gasteiger partial charge is 0.238 e. The van der Waals surface area contributed by atoms with Gasteiger partial charge in [0.1, 0.15) is 0 Å². The molecule has 13 heavy (non-hydrogen) atoms. The zero-order valence-electron chi connectivity index (χ0n) is 7.44. The Morgan fingerprint density at radius 1 is 1.46 bits per heavy atom. The number of rotatable bonds is 2. The summed E-state index contributed by atoms with van der Waals surface area (Å²) in [6, 6.07) is -3.82. The van der Waals surface area contributed by atoms with Crippen molar-refractivity contribution >= 4 is 11.6 Å². The number of alkyl halides is 4. The van der Waals surface area contributed by atoms with Crippen LogP contribution < -0.4 is 0 Å². The molecule has 0 aromatic heterocycles. The normalized spacial score (nSPS) is 28.8. The van der Waals surface area contributed by atoms with E-state index in [4.69, 9.17) is 11.6 Å². The van der Waals surface area contributed by atoms with E-state index >= 15 is 0 Å². The lowest BCUT2D eigenvalue weighted by Gasteiger charge is -2.38. The van der Waals surface area contributed by atoms with Crippen LogP contribution in [0.15, 0.2) is 0 Å². The fourth-order valence-electron chi connectivity index (χ4n) is 1.67. The van der Waals surface area contributed by atoms with Crippen LogP contribution in [0.25, 0.3) is 0 Å². The first-order chi connectivity index (χ1) is 5.96. The maximum atomic E-state index is 13.1. The van der Waals surface area contributed by atoms with Gasteiger partial charge in [-0.15, -0.1) is 0 Å². The van der Waals surface area contributed by atoms with Crippen LogP contribution in [0.3, 0.4) is 0 Å². The molecule has 1 aliphatic rings. The van der Waals surface area contributed by atoms with Crippen molar-refractivity contribution in [2.45, 2.75) is 43.9 Å². The number of likely N-dealkylation sites (tertiary alicyclic amines) is 1. The Morgan fingerprint density at radius 2 is 2.08 bits per heavy atom. The van der Waals surface area contributed by atoms with E-state index in [9.17, 15) is 13.2 Å². The van der Waals surface area contributed by atoms with E-state index in [-0.39, 0.29) is 12.6 Å². The number of hydrogen-bond acceptors (Lipinski definition) is 1. The fraction of sp³-hybridized carbons (Fsp3) is 1.00. The van der Waals surface area contributed by atoms with Crippen molar-refractivity contribution in [1.29, 1.82) is 0 Å². The van der Waals surface area contributed by atoms with Crippen LogP contribution in [0.1, 0.15) is 26.2 Å². The van der Waals surface area contributed by atoms with Crippen molar-refractivity contribution in [1.82, 2.24) is 4.90 Å². The highest BCUT2D eigenvalue weighted by Crippen LogP contribution is 2.34. The van der Waals surface area contributed by atoms with E-state index in [1.807, 2.05) is 0 Å². The molecule has 0 aromatic carbocycles. The summed E-state index contributed by atoms with van der Waals surface area (Å²) < 4.78 is 38.6. The van der Waals surface area contributed by atoms with Crippen LogP contribution in [0.5, 0.6) is 0 Å². The summed E-state index contributed by atoms with van der Waals surface area (Å²) in [6.45, 7) is 1.90. The molecule has 0 N–H and O–H groups in total. The Hall–Kier alpha value is 0.0400. The minimum Gasteiger partial charge on any atom is -0.238 e. The SMILES string of the molecule is CC1CCCCN1C(F)(F)C(F)Cl. The van der Waals surface area contributed by atoms with Crippen molar-refractivity contribution in [3.63, 3.8) is 0 Å². The molecule has 1 fully saturated rings. The molecule has 0 saturated carbocycles. The van der Waals surface area contributed by atoms with Gasteiger partial charge in [-0.25, -0.2) is 9.29 Å². The van der Waals surface area contributed by atoms with Gasteiger partial charge in [-0.2, -0.15) is 8.78 Å². The molecule has 0 bridgehead atoms. The van der Waals surface area contributed by atoms with E-state index in [1.54, 1.807) is 6.92 Å². The molecule has 0 spiro atoms. The molecule has 0 aromatic rings. The summed E-state index contributed by atoms with van der Waals surface area (Å²) >= 11 is 4.81. The summed E-state index contributed by atoms with van der Waals surface area (Å²) in [5, 5.41) is 0. The lowest BCUT2D eigenvalue weighted by Crippen LogP contribution is -2.53. The second-order valence-corrected chi connectivity index (χ2v) is 3.81. The highest BCUT2D eigenvalue weighted by molar-refractivity contribution is 6.20. The van der Waals surface area contributed by atoms with Crippen molar-refractivity contribution in [3.8, 4) is 0 Å². The topological polar surface area (TPSA) is 3.24 Å². The van der Waals surface area contributed by atoms with Gasteiger partial charge in [-0.05, 0) is 19.8 Å². The van der Waals surface area contributed by atoms with Crippen molar-refractivity contribution in [3.05, 3.63) is 0 Å². The lowest BCUT2D eigenvalue weighted by molar-refractivity contribution is -0.191. The Labute approximate surface area is 80.8 Å². The van der Waals surface area contributed by atoms with Gasteiger partial charge in [0.15, 0.2) is 0 Å². The van der Waals surface area contributed by atoms with Gasteiger partial charge < -0.3 is 0 Å². The monoisotopic (exact) mass is 215 g/mol. The summed E-state index contributed by atoms with van der Waals surface area (Å²) in [5.41, 5.74) is -2.62. The Balaban J connectivity index is 2.67. The third-order valence-electron chi connectivity index (χ3n) is 2.45. The molecule has 0 amide bonds. The van der Waals surface area contributed by atoms with Gasteiger partial charge >= 0.3 is 6.05 Å². The van der Waals surface area contributed by atoms with E-state index in [0.29, 0.717) is 12.8 Å². The van der Waals surface area contributed by atoms with Gasteiger partial charge in [0.05, 0.1) is 0 Å². The van der Waals surface area contributed by atoms with Crippen LogP contribution in [-0.2, 0) is 0 Å². The molecule has 1 rings (SSSR count). The molecule has 0 radical (unpaired) electrons. The van der Waals surface area contributed by atoms with E-state index in [2.05, 4.69) is 0 Å². The largest absolute Gasteiger partial charge is 0.349 e. The Bertz CT molecular complexity index is 175. The maximum Gasteiger partial charge on any atom is 0.349 e. The fourth-order valence-corrected chi connectivity index (χ4v) is 1.79. The number of hydrogen-bond donors (Lipinski definition) is 0. The molecule has 1 nitrogen and oxygen atoms in total. The minimum atomic E-state index is -3.53. The first kappa shape index (κ1) is 11.1. The third-order valence-corrected chi connectivity index (χ3v) is 2.71. The Kier molecular flexibility index (Phi) is 3.46. The molecule has 78 valence electrons. The Morgan fingerprint density at radius 3 is 2.54 bits per heavy atom. The predicted molar refractivity (Wildman–Crippen MR) is 45.7 cm³/mol. The predicted octanol–water partition coefficient (Wildman–Crippen LogP) is 2.99. The lowest BCUT2D eigenvalue weighted by atomic mass is 10.0. The van der Waals surface area contributed by atoms with Gasteiger partial charge in [0.2, 0.25) is 0 Å². The molecule has 5 heteroatoms. The van der Waals surface area contributed by atoms with Crippen molar-refractivity contribution in [2.24, 2.45) is 0 Å².